The maximum atomic E-state index is 12.7. The Labute approximate surface area is 161 Å². The van der Waals surface area contributed by atoms with Gasteiger partial charge in [0.15, 0.2) is 0 Å². The molecule has 2 aromatic carbocycles. The molecule has 0 saturated carbocycles. The number of ether oxygens (including phenoxy) is 1. The quantitative estimate of drug-likeness (QED) is 0.818. The summed E-state index contributed by atoms with van der Waals surface area (Å²) in [5.41, 5.74) is 2.49. The lowest BCUT2D eigenvalue weighted by molar-refractivity contribution is -0.135. The standard InChI is InChI=1S/C23H28N2O2/c26-22-11-12-23(20-7-3-1-4-8-20,21-9-5-2-6-10-21)19-25(22)14-13-24-15-17-27-18-16-24/h1-10H,11-19H2. The van der Waals surface area contributed by atoms with E-state index in [1.54, 1.807) is 0 Å². The topological polar surface area (TPSA) is 32.8 Å². The van der Waals surface area contributed by atoms with Crippen LogP contribution < -0.4 is 0 Å². The third kappa shape index (κ3) is 3.92. The number of carbonyl (C=O) groups excluding carboxylic acids is 1. The smallest absolute Gasteiger partial charge is 0.222 e. The van der Waals surface area contributed by atoms with E-state index in [0.717, 1.165) is 52.4 Å². The first-order valence-corrected chi connectivity index (χ1v) is 9.97. The molecule has 0 N–H and O–H groups in total. The second-order valence-corrected chi connectivity index (χ2v) is 7.58. The van der Waals surface area contributed by atoms with Crippen LogP contribution in [0.25, 0.3) is 0 Å². The minimum absolute atomic E-state index is 0.124. The molecule has 0 spiro atoms. The minimum Gasteiger partial charge on any atom is -0.379 e. The summed E-state index contributed by atoms with van der Waals surface area (Å²) in [5.74, 6) is 0.283. The van der Waals surface area contributed by atoms with Gasteiger partial charge < -0.3 is 9.64 Å². The molecule has 2 aromatic rings. The lowest BCUT2D eigenvalue weighted by Crippen LogP contribution is -2.52. The molecule has 4 nitrogen and oxygen atoms in total. The van der Waals surface area contributed by atoms with E-state index in [2.05, 4.69) is 70.5 Å². The summed E-state index contributed by atoms with van der Waals surface area (Å²) in [6, 6.07) is 21.4. The summed E-state index contributed by atoms with van der Waals surface area (Å²) in [7, 11) is 0. The fourth-order valence-corrected chi connectivity index (χ4v) is 4.41. The molecule has 4 heteroatoms. The van der Waals surface area contributed by atoms with Gasteiger partial charge in [0.05, 0.1) is 13.2 Å². The number of benzene rings is 2. The molecular weight excluding hydrogens is 336 g/mol. The van der Waals surface area contributed by atoms with Gasteiger partial charge in [0, 0.05) is 44.6 Å². The van der Waals surface area contributed by atoms with Gasteiger partial charge >= 0.3 is 0 Å². The Morgan fingerprint density at radius 1 is 0.852 bits per heavy atom. The number of piperidine rings is 1. The number of amides is 1. The Balaban J connectivity index is 1.58. The second kappa shape index (κ2) is 8.24. The van der Waals surface area contributed by atoms with Gasteiger partial charge in [-0.1, -0.05) is 60.7 Å². The average molecular weight is 364 g/mol. The third-order valence-corrected chi connectivity index (χ3v) is 6.02. The van der Waals surface area contributed by atoms with Crippen molar-refractivity contribution in [2.75, 3.05) is 45.9 Å². The van der Waals surface area contributed by atoms with Crippen molar-refractivity contribution >= 4 is 5.91 Å². The highest BCUT2D eigenvalue weighted by atomic mass is 16.5. The van der Waals surface area contributed by atoms with Crippen LogP contribution in [0, 0.1) is 0 Å². The van der Waals surface area contributed by atoms with Crippen LogP contribution in [0.15, 0.2) is 60.7 Å². The summed E-state index contributed by atoms with van der Waals surface area (Å²) in [4.78, 5) is 17.2. The second-order valence-electron chi connectivity index (χ2n) is 7.58. The first kappa shape index (κ1) is 18.2. The van der Waals surface area contributed by atoms with Crippen LogP contribution in [0.2, 0.25) is 0 Å². The lowest BCUT2D eigenvalue weighted by Gasteiger charge is -2.44. The van der Waals surface area contributed by atoms with Gasteiger partial charge in [-0.15, -0.1) is 0 Å². The summed E-state index contributed by atoms with van der Waals surface area (Å²) in [6.07, 6.45) is 1.47. The number of hydrogen-bond acceptors (Lipinski definition) is 3. The highest BCUT2D eigenvalue weighted by molar-refractivity contribution is 5.78. The molecule has 0 radical (unpaired) electrons. The molecule has 2 saturated heterocycles. The maximum absolute atomic E-state index is 12.7. The SMILES string of the molecule is O=C1CCC(c2ccccc2)(c2ccccc2)CN1CCN1CCOCC1. The van der Waals surface area contributed by atoms with Crippen LogP contribution in [0.3, 0.4) is 0 Å². The van der Waals surface area contributed by atoms with Gasteiger partial charge in [-0.25, -0.2) is 0 Å². The molecule has 0 unspecified atom stereocenters. The number of carbonyl (C=O) groups is 1. The van der Waals surface area contributed by atoms with Crippen molar-refractivity contribution < 1.29 is 9.53 Å². The van der Waals surface area contributed by atoms with E-state index in [1.165, 1.54) is 11.1 Å². The Kier molecular flexibility index (Phi) is 5.55. The van der Waals surface area contributed by atoms with Crippen LogP contribution in [0.1, 0.15) is 24.0 Å². The molecule has 0 bridgehead atoms. The first-order chi connectivity index (χ1) is 13.3. The molecule has 1 amide bonds. The highest BCUT2D eigenvalue weighted by Gasteiger charge is 2.41. The molecule has 0 aliphatic carbocycles. The number of rotatable bonds is 5. The molecule has 2 aliphatic rings. The molecular formula is C23H28N2O2. The lowest BCUT2D eigenvalue weighted by atomic mass is 9.69. The molecule has 2 fully saturated rings. The van der Waals surface area contributed by atoms with Crippen LogP contribution >= 0.6 is 0 Å². The monoisotopic (exact) mass is 364 g/mol. The fourth-order valence-electron chi connectivity index (χ4n) is 4.41. The van der Waals surface area contributed by atoms with Gasteiger partial charge in [0.1, 0.15) is 0 Å². The summed E-state index contributed by atoms with van der Waals surface area (Å²) >= 11 is 0. The van der Waals surface area contributed by atoms with E-state index in [-0.39, 0.29) is 11.3 Å². The largest absolute Gasteiger partial charge is 0.379 e. The van der Waals surface area contributed by atoms with Crippen molar-refractivity contribution in [2.24, 2.45) is 0 Å². The molecule has 4 rings (SSSR count). The van der Waals surface area contributed by atoms with Gasteiger partial charge in [-0.2, -0.15) is 0 Å². The van der Waals surface area contributed by atoms with Crippen molar-refractivity contribution in [1.82, 2.24) is 9.80 Å². The average Bonchev–Trinajstić information content (AvgIpc) is 2.75. The summed E-state index contributed by atoms with van der Waals surface area (Å²) < 4.78 is 5.44. The molecule has 2 heterocycles. The number of morpholine rings is 1. The number of nitrogens with zero attached hydrogens (tertiary/aromatic N) is 2. The van der Waals surface area contributed by atoms with E-state index in [4.69, 9.17) is 4.74 Å². The van der Waals surface area contributed by atoms with Crippen LogP contribution in [-0.4, -0.2) is 61.6 Å². The minimum atomic E-state index is -0.124. The predicted molar refractivity (Wildman–Crippen MR) is 107 cm³/mol. The van der Waals surface area contributed by atoms with E-state index in [0.29, 0.717) is 6.42 Å². The van der Waals surface area contributed by atoms with Crippen LogP contribution in [0.4, 0.5) is 0 Å². The molecule has 0 atom stereocenters. The predicted octanol–water partition coefficient (Wildman–Crippen LogP) is 2.93. The Morgan fingerprint density at radius 2 is 1.44 bits per heavy atom. The molecule has 142 valence electrons. The highest BCUT2D eigenvalue weighted by Crippen LogP contribution is 2.40. The normalized spacial score (nSPS) is 20.6. The zero-order valence-corrected chi connectivity index (χ0v) is 15.8. The zero-order chi connectivity index (χ0) is 18.5. The Hall–Kier alpha value is -2.17. The van der Waals surface area contributed by atoms with Crippen LogP contribution in [-0.2, 0) is 14.9 Å². The van der Waals surface area contributed by atoms with E-state index < -0.39 is 0 Å². The summed E-state index contributed by atoms with van der Waals surface area (Å²) in [6.45, 7) is 5.99. The Bertz CT molecular complexity index is 702. The van der Waals surface area contributed by atoms with Gasteiger partial charge in [-0.3, -0.25) is 9.69 Å². The zero-order valence-electron chi connectivity index (χ0n) is 15.8. The van der Waals surface area contributed by atoms with Crippen molar-refractivity contribution in [2.45, 2.75) is 18.3 Å². The molecule has 0 aromatic heterocycles. The van der Waals surface area contributed by atoms with E-state index in [1.807, 2.05) is 0 Å². The van der Waals surface area contributed by atoms with Crippen molar-refractivity contribution in [3.8, 4) is 0 Å². The molecule has 27 heavy (non-hydrogen) atoms. The fraction of sp³-hybridized carbons (Fsp3) is 0.435. The van der Waals surface area contributed by atoms with Crippen molar-refractivity contribution in [3.63, 3.8) is 0 Å². The molecule has 2 aliphatic heterocycles. The number of likely N-dealkylation sites (tertiary alicyclic amines) is 1. The summed E-state index contributed by atoms with van der Waals surface area (Å²) in [5, 5.41) is 0. The van der Waals surface area contributed by atoms with Gasteiger partial charge in [0.2, 0.25) is 5.91 Å². The van der Waals surface area contributed by atoms with Gasteiger partial charge in [0.25, 0.3) is 0 Å². The van der Waals surface area contributed by atoms with E-state index in [9.17, 15) is 4.79 Å². The maximum Gasteiger partial charge on any atom is 0.222 e. The van der Waals surface area contributed by atoms with E-state index >= 15 is 0 Å². The first-order valence-electron chi connectivity index (χ1n) is 9.97. The number of hydrogen-bond donors (Lipinski definition) is 0. The Morgan fingerprint density at radius 3 is 2.04 bits per heavy atom. The van der Waals surface area contributed by atoms with Crippen LogP contribution in [0.5, 0.6) is 0 Å². The van der Waals surface area contributed by atoms with Crippen molar-refractivity contribution in [3.05, 3.63) is 71.8 Å². The van der Waals surface area contributed by atoms with Crippen molar-refractivity contribution in [1.29, 1.82) is 0 Å². The van der Waals surface area contributed by atoms with Gasteiger partial charge in [-0.05, 0) is 17.5 Å². The third-order valence-electron chi connectivity index (χ3n) is 6.02.